The summed E-state index contributed by atoms with van der Waals surface area (Å²) < 4.78 is 28.7. The summed E-state index contributed by atoms with van der Waals surface area (Å²) in [6.45, 7) is 3.31. The quantitative estimate of drug-likeness (QED) is 0.786. The van der Waals surface area contributed by atoms with Gasteiger partial charge in [-0.05, 0) is 11.5 Å². The van der Waals surface area contributed by atoms with E-state index in [9.17, 15) is 13.2 Å². The van der Waals surface area contributed by atoms with E-state index in [1.807, 2.05) is 37.3 Å². The molecule has 1 fully saturated rings. The number of carbonyl (C=O) groups excluding carboxylic acids is 1. The Bertz CT molecular complexity index is 891. The van der Waals surface area contributed by atoms with Crippen LogP contribution in [0.3, 0.4) is 0 Å². The Morgan fingerprint density at radius 2 is 1.93 bits per heavy atom. The number of sulfonamides is 1. The molecule has 1 aliphatic heterocycles. The van der Waals surface area contributed by atoms with Gasteiger partial charge in [0, 0.05) is 44.4 Å². The number of carbonyl (C=O) groups is 1. The van der Waals surface area contributed by atoms with Crippen LogP contribution in [0.5, 0.6) is 0 Å². The molecular formula is C18H24N4O3S2. The van der Waals surface area contributed by atoms with Crippen molar-refractivity contribution in [2.24, 2.45) is 7.05 Å². The first-order valence-electron chi connectivity index (χ1n) is 8.84. The molecule has 9 heteroatoms. The highest BCUT2D eigenvalue weighted by Gasteiger charge is 2.33. The molecule has 0 spiro atoms. The normalized spacial score (nSPS) is 16.8. The lowest BCUT2D eigenvalue weighted by Crippen LogP contribution is -2.39. The minimum absolute atomic E-state index is 0.0935. The second-order valence-corrected chi connectivity index (χ2v) is 9.64. The van der Waals surface area contributed by atoms with Crippen molar-refractivity contribution < 1.29 is 13.2 Å². The Hall–Kier alpha value is -1.84. The standard InChI is InChI=1S/C18H24N4O3S2/c1-14(15-6-4-3-5-7-15)12-19-17(23)16-13-21(2)20-18(16)27(24,25)22-8-10-26-11-9-22/h3-7,13-14H,8-12H2,1-2H3,(H,19,23)/t14-/m1/s1. The van der Waals surface area contributed by atoms with Crippen LogP contribution in [0, 0.1) is 0 Å². The van der Waals surface area contributed by atoms with E-state index in [2.05, 4.69) is 10.4 Å². The van der Waals surface area contributed by atoms with Crippen molar-refractivity contribution in [2.45, 2.75) is 17.9 Å². The van der Waals surface area contributed by atoms with Crippen molar-refractivity contribution in [3.63, 3.8) is 0 Å². The summed E-state index contributed by atoms with van der Waals surface area (Å²) in [4.78, 5) is 12.7. The molecule has 27 heavy (non-hydrogen) atoms. The summed E-state index contributed by atoms with van der Waals surface area (Å²) in [6.07, 6.45) is 1.47. The van der Waals surface area contributed by atoms with Gasteiger partial charge in [-0.2, -0.15) is 21.2 Å². The third-order valence-corrected chi connectivity index (χ3v) is 7.31. The van der Waals surface area contributed by atoms with Crippen molar-refractivity contribution in [3.8, 4) is 0 Å². The van der Waals surface area contributed by atoms with Crippen LogP contribution in [0.15, 0.2) is 41.6 Å². The second-order valence-electron chi connectivity index (χ2n) is 6.56. The van der Waals surface area contributed by atoms with Crippen molar-refractivity contribution in [2.75, 3.05) is 31.1 Å². The van der Waals surface area contributed by atoms with Crippen LogP contribution in [0.1, 0.15) is 28.8 Å². The Kier molecular flexibility index (Phi) is 6.23. The number of amides is 1. The predicted molar refractivity (Wildman–Crippen MR) is 106 cm³/mol. The average Bonchev–Trinajstić information content (AvgIpc) is 3.10. The molecule has 0 radical (unpaired) electrons. The van der Waals surface area contributed by atoms with Crippen molar-refractivity contribution in [1.82, 2.24) is 19.4 Å². The maximum absolute atomic E-state index is 12.9. The zero-order valence-corrected chi connectivity index (χ0v) is 17.1. The van der Waals surface area contributed by atoms with Gasteiger partial charge in [0.1, 0.15) is 0 Å². The molecule has 0 aliphatic carbocycles. The van der Waals surface area contributed by atoms with Gasteiger partial charge >= 0.3 is 0 Å². The average molecular weight is 409 g/mol. The first kappa shape index (κ1) is 19.9. The number of benzene rings is 1. The number of aromatic nitrogens is 2. The number of hydrogen-bond donors (Lipinski definition) is 1. The molecule has 1 aromatic heterocycles. The summed E-state index contributed by atoms with van der Waals surface area (Å²) in [5, 5.41) is 6.76. The fraction of sp³-hybridized carbons (Fsp3) is 0.444. The molecule has 7 nitrogen and oxygen atoms in total. The van der Waals surface area contributed by atoms with E-state index in [1.165, 1.54) is 15.2 Å². The number of aryl methyl sites for hydroxylation is 1. The lowest BCUT2D eigenvalue weighted by molar-refractivity contribution is 0.0948. The van der Waals surface area contributed by atoms with Crippen LogP contribution in [0.2, 0.25) is 0 Å². The largest absolute Gasteiger partial charge is 0.351 e. The molecule has 0 bridgehead atoms. The third kappa shape index (κ3) is 4.53. The van der Waals surface area contributed by atoms with Gasteiger partial charge in [-0.1, -0.05) is 37.3 Å². The molecule has 0 saturated carbocycles. The Balaban J connectivity index is 1.76. The SMILES string of the molecule is C[C@H](CNC(=O)c1cn(C)nc1S(=O)(=O)N1CCSCC1)c1ccccc1. The molecule has 2 heterocycles. The smallest absolute Gasteiger partial charge is 0.263 e. The zero-order valence-electron chi connectivity index (χ0n) is 15.5. The summed E-state index contributed by atoms with van der Waals surface area (Å²) in [7, 11) is -2.16. The fourth-order valence-electron chi connectivity index (χ4n) is 2.96. The first-order valence-corrected chi connectivity index (χ1v) is 11.4. The van der Waals surface area contributed by atoms with Crippen LogP contribution < -0.4 is 5.32 Å². The monoisotopic (exact) mass is 408 g/mol. The van der Waals surface area contributed by atoms with Crippen LogP contribution in [-0.2, 0) is 17.1 Å². The minimum Gasteiger partial charge on any atom is -0.351 e. The minimum atomic E-state index is -3.78. The lowest BCUT2D eigenvalue weighted by atomic mass is 10.0. The topological polar surface area (TPSA) is 84.3 Å². The molecule has 1 atom stereocenters. The Labute approximate surface area is 164 Å². The third-order valence-electron chi connectivity index (χ3n) is 4.53. The van der Waals surface area contributed by atoms with Crippen molar-refractivity contribution in [1.29, 1.82) is 0 Å². The van der Waals surface area contributed by atoms with Crippen LogP contribution >= 0.6 is 11.8 Å². The van der Waals surface area contributed by atoms with Crippen LogP contribution in [0.25, 0.3) is 0 Å². The number of thioether (sulfide) groups is 1. The highest BCUT2D eigenvalue weighted by atomic mass is 32.2. The predicted octanol–water partition coefficient (Wildman–Crippen LogP) is 1.69. The Morgan fingerprint density at radius 1 is 1.26 bits per heavy atom. The van der Waals surface area contributed by atoms with E-state index < -0.39 is 15.9 Å². The van der Waals surface area contributed by atoms with Crippen molar-refractivity contribution in [3.05, 3.63) is 47.7 Å². The molecule has 1 saturated heterocycles. The summed E-state index contributed by atoms with van der Waals surface area (Å²) in [5.74, 6) is 1.20. The van der Waals surface area contributed by atoms with E-state index >= 15 is 0 Å². The summed E-state index contributed by atoms with van der Waals surface area (Å²) in [5.41, 5.74) is 1.21. The fourth-order valence-corrected chi connectivity index (χ4v) is 5.66. The highest BCUT2D eigenvalue weighted by Crippen LogP contribution is 2.22. The van der Waals surface area contributed by atoms with E-state index in [1.54, 1.807) is 18.8 Å². The van der Waals surface area contributed by atoms with Gasteiger partial charge < -0.3 is 5.32 Å². The number of hydrogen-bond acceptors (Lipinski definition) is 5. The van der Waals surface area contributed by atoms with E-state index in [4.69, 9.17) is 0 Å². The maximum atomic E-state index is 12.9. The molecular weight excluding hydrogens is 384 g/mol. The van der Waals surface area contributed by atoms with E-state index in [0.717, 1.165) is 17.1 Å². The second kappa shape index (κ2) is 8.45. The first-order chi connectivity index (χ1) is 12.9. The summed E-state index contributed by atoms with van der Waals surface area (Å²) in [6, 6.07) is 9.86. The molecule has 0 unspecified atom stereocenters. The molecule has 2 aromatic rings. The van der Waals surface area contributed by atoms with Gasteiger partial charge in [0.05, 0.1) is 5.56 Å². The molecule has 146 valence electrons. The molecule has 1 aliphatic rings. The van der Waals surface area contributed by atoms with Gasteiger partial charge in [-0.3, -0.25) is 9.48 Å². The maximum Gasteiger partial charge on any atom is 0.263 e. The molecule has 1 amide bonds. The zero-order chi connectivity index (χ0) is 19.4. The van der Waals surface area contributed by atoms with E-state index in [-0.39, 0.29) is 16.5 Å². The molecule has 1 aromatic carbocycles. The van der Waals surface area contributed by atoms with E-state index in [0.29, 0.717) is 19.6 Å². The molecule has 1 N–H and O–H groups in total. The number of nitrogens with zero attached hydrogens (tertiary/aromatic N) is 3. The van der Waals surface area contributed by atoms with Gasteiger partial charge in [0.15, 0.2) is 0 Å². The molecule has 3 rings (SSSR count). The van der Waals surface area contributed by atoms with Crippen molar-refractivity contribution >= 4 is 27.7 Å². The lowest BCUT2D eigenvalue weighted by Gasteiger charge is -2.24. The van der Waals surface area contributed by atoms with Crippen LogP contribution in [0.4, 0.5) is 0 Å². The van der Waals surface area contributed by atoms with Gasteiger partial charge in [-0.15, -0.1) is 0 Å². The van der Waals surface area contributed by atoms with Gasteiger partial charge in [0.2, 0.25) is 5.03 Å². The van der Waals surface area contributed by atoms with Crippen LogP contribution in [-0.4, -0.2) is 59.6 Å². The summed E-state index contributed by atoms with van der Waals surface area (Å²) >= 11 is 1.72. The highest BCUT2D eigenvalue weighted by molar-refractivity contribution is 7.99. The number of nitrogens with one attached hydrogen (secondary N) is 1. The van der Waals surface area contributed by atoms with Gasteiger partial charge in [0.25, 0.3) is 15.9 Å². The number of rotatable bonds is 6. The Morgan fingerprint density at radius 3 is 2.59 bits per heavy atom. The van der Waals surface area contributed by atoms with Gasteiger partial charge in [-0.25, -0.2) is 8.42 Å².